The van der Waals surface area contributed by atoms with Crippen LogP contribution in [0, 0.1) is 0 Å². The summed E-state index contributed by atoms with van der Waals surface area (Å²) in [4.78, 5) is 2.46. The van der Waals surface area contributed by atoms with E-state index in [9.17, 15) is 0 Å². The molecule has 2 rings (SSSR count). The van der Waals surface area contributed by atoms with Crippen molar-refractivity contribution in [1.82, 2.24) is 4.90 Å². The normalized spacial score (nSPS) is 41.4. The van der Waals surface area contributed by atoms with Gasteiger partial charge in [-0.25, -0.2) is 0 Å². The first kappa shape index (κ1) is 12.6. The molecule has 2 saturated heterocycles. The fraction of sp³-hybridized carbons (Fsp3) is 1.00. The van der Waals surface area contributed by atoms with Gasteiger partial charge in [0.2, 0.25) is 0 Å². The lowest BCUT2D eigenvalue weighted by molar-refractivity contribution is -0.0668. The minimum absolute atomic E-state index is 0.191. The van der Waals surface area contributed by atoms with Crippen LogP contribution in [-0.2, 0) is 9.47 Å². The lowest BCUT2D eigenvalue weighted by Crippen LogP contribution is -2.51. The Balaban J connectivity index is 1.82. The van der Waals surface area contributed by atoms with Crippen LogP contribution in [0.25, 0.3) is 0 Å². The molecule has 0 N–H and O–H groups in total. The Hall–Kier alpha value is 0.170. The van der Waals surface area contributed by atoms with Crippen molar-refractivity contribution in [3.63, 3.8) is 0 Å². The highest BCUT2D eigenvalue weighted by Gasteiger charge is 2.30. The molecule has 0 saturated carbocycles. The zero-order valence-corrected chi connectivity index (χ0v) is 10.9. The zero-order chi connectivity index (χ0) is 11.5. The van der Waals surface area contributed by atoms with Gasteiger partial charge in [0.25, 0.3) is 0 Å². The Bertz CT molecular complexity index is 227. The average molecular weight is 248 g/mol. The predicted molar refractivity (Wildman–Crippen MR) is 65.1 cm³/mol. The number of morpholine rings is 1. The van der Waals surface area contributed by atoms with Crippen LogP contribution in [0.4, 0.5) is 0 Å². The first-order valence-corrected chi connectivity index (χ1v) is 6.79. The van der Waals surface area contributed by atoms with Crippen molar-refractivity contribution in [2.75, 3.05) is 25.6 Å². The van der Waals surface area contributed by atoms with Gasteiger partial charge in [0.15, 0.2) is 0 Å². The molecule has 3 nitrogen and oxygen atoms in total. The Morgan fingerprint density at radius 1 is 1.25 bits per heavy atom. The van der Waals surface area contributed by atoms with Crippen LogP contribution in [-0.4, -0.2) is 54.8 Å². The van der Waals surface area contributed by atoms with Crippen molar-refractivity contribution in [3.05, 3.63) is 0 Å². The van der Waals surface area contributed by atoms with Gasteiger partial charge < -0.3 is 9.47 Å². The molecule has 0 bridgehead atoms. The Morgan fingerprint density at radius 3 is 2.69 bits per heavy atom. The number of ether oxygens (including phenoxy) is 2. The van der Waals surface area contributed by atoms with Gasteiger partial charge in [-0.3, -0.25) is 4.90 Å². The molecule has 4 atom stereocenters. The second-order valence-corrected chi connectivity index (χ2v) is 5.37. The van der Waals surface area contributed by atoms with Crippen molar-refractivity contribution in [2.45, 2.75) is 51.0 Å². The van der Waals surface area contributed by atoms with Crippen LogP contribution in [0.2, 0.25) is 0 Å². The molecule has 0 aromatic rings. The molecule has 0 aromatic heterocycles. The van der Waals surface area contributed by atoms with Gasteiger partial charge in [-0.1, -0.05) is 0 Å². The van der Waals surface area contributed by atoms with E-state index >= 15 is 0 Å². The van der Waals surface area contributed by atoms with E-state index in [4.69, 9.17) is 21.1 Å². The molecular formula is C12H22ClNO2. The van der Waals surface area contributed by atoms with Crippen LogP contribution in [0.15, 0.2) is 0 Å². The highest BCUT2D eigenvalue weighted by Crippen LogP contribution is 2.22. The minimum Gasteiger partial charge on any atom is -0.374 e. The fourth-order valence-corrected chi connectivity index (χ4v) is 2.69. The largest absolute Gasteiger partial charge is 0.374 e. The second kappa shape index (κ2) is 5.67. The van der Waals surface area contributed by atoms with Gasteiger partial charge in [-0.05, 0) is 26.7 Å². The summed E-state index contributed by atoms with van der Waals surface area (Å²) in [6, 6.07) is 0.485. The number of hydrogen-bond donors (Lipinski definition) is 0. The average Bonchev–Trinajstić information content (AvgIpc) is 2.67. The SMILES string of the molecule is CC1CCC(CN2CC(CCl)OCC2C)O1. The number of nitrogens with zero attached hydrogens (tertiary/aromatic N) is 1. The highest BCUT2D eigenvalue weighted by molar-refractivity contribution is 6.18. The van der Waals surface area contributed by atoms with E-state index in [1.807, 2.05) is 0 Å². The number of hydrogen-bond acceptors (Lipinski definition) is 3. The van der Waals surface area contributed by atoms with E-state index in [1.54, 1.807) is 0 Å². The topological polar surface area (TPSA) is 21.7 Å². The molecular weight excluding hydrogens is 226 g/mol. The van der Waals surface area contributed by atoms with Crippen molar-refractivity contribution in [2.24, 2.45) is 0 Å². The van der Waals surface area contributed by atoms with Crippen LogP contribution in [0.3, 0.4) is 0 Å². The third kappa shape index (κ3) is 3.10. The minimum atomic E-state index is 0.191. The maximum Gasteiger partial charge on any atom is 0.0837 e. The third-order valence-corrected chi connectivity index (χ3v) is 3.91. The lowest BCUT2D eigenvalue weighted by atomic mass is 10.1. The molecule has 0 aromatic carbocycles. The van der Waals surface area contributed by atoms with Crippen molar-refractivity contribution >= 4 is 11.6 Å². The molecule has 0 amide bonds. The number of halogens is 1. The summed E-state index contributed by atoms with van der Waals surface area (Å²) in [5.74, 6) is 0.588. The Kier molecular flexibility index (Phi) is 4.48. The fourth-order valence-electron chi connectivity index (χ4n) is 2.50. The van der Waals surface area contributed by atoms with E-state index in [0.29, 0.717) is 24.1 Å². The molecule has 0 aliphatic carbocycles. The Morgan fingerprint density at radius 2 is 2.06 bits per heavy atom. The van der Waals surface area contributed by atoms with Gasteiger partial charge in [0.05, 0.1) is 24.9 Å². The van der Waals surface area contributed by atoms with E-state index in [1.165, 1.54) is 12.8 Å². The standard InChI is InChI=1S/C12H22ClNO2/c1-9-8-15-12(5-13)7-14(9)6-11-4-3-10(2)16-11/h9-12H,3-8H2,1-2H3. The smallest absolute Gasteiger partial charge is 0.0837 e. The molecule has 16 heavy (non-hydrogen) atoms. The zero-order valence-electron chi connectivity index (χ0n) is 10.2. The van der Waals surface area contributed by atoms with Gasteiger partial charge in [-0.15, -0.1) is 11.6 Å². The number of alkyl halides is 1. The summed E-state index contributed by atoms with van der Waals surface area (Å²) in [6.07, 6.45) is 3.42. The first-order valence-electron chi connectivity index (χ1n) is 6.26. The first-order chi connectivity index (χ1) is 7.69. The van der Waals surface area contributed by atoms with Crippen molar-refractivity contribution < 1.29 is 9.47 Å². The second-order valence-electron chi connectivity index (χ2n) is 5.06. The summed E-state index contributed by atoms with van der Waals surface area (Å²) >= 11 is 5.85. The van der Waals surface area contributed by atoms with E-state index in [2.05, 4.69) is 18.7 Å². The van der Waals surface area contributed by atoms with Crippen LogP contribution < -0.4 is 0 Å². The maximum atomic E-state index is 5.87. The predicted octanol–water partition coefficient (Wildman–Crippen LogP) is 1.88. The summed E-state index contributed by atoms with van der Waals surface area (Å²) in [5, 5.41) is 0. The van der Waals surface area contributed by atoms with E-state index < -0.39 is 0 Å². The highest BCUT2D eigenvalue weighted by atomic mass is 35.5. The molecule has 0 radical (unpaired) electrons. The third-order valence-electron chi connectivity index (χ3n) is 3.56. The summed E-state index contributed by atoms with van der Waals surface area (Å²) in [5.41, 5.74) is 0. The number of rotatable bonds is 3. The lowest BCUT2D eigenvalue weighted by Gasteiger charge is -2.38. The van der Waals surface area contributed by atoms with Crippen LogP contribution in [0.5, 0.6) is 0 Å². The molecule has 2 heterocycles. The van der Waals surface area contributed by atoms with Gasteiger partial charge in [-0.2, -0.15) is 0 Å². The monoisotopic (exact) mass is 247 g/mol. The molecule has 2 aliphatic rings. The Labute approximate surface area is 103 Å². The summed E-state index contributed by atoms with van der Waals surface area (Å²) < 4.78 is 11.5. The molecule has 4 unspecified atom stereocenters. The summed E-state index contributed by atoms with van der Waals surface area (Å²) in [6.45, 7) is 7.13. The summed E-state index contributed by atoms with van der Waals surface area (Å²) in [7, 11) is 0. The van der Waals surface area contributed by atoms with Gasteiger partial charge >= 0.3 is 0 Å². The van der Waals surface area contributed by atoms with Gasteiger partial charge in [0.1, 0.15) is 0 Å². The van der Waals surface area contributed by atoms with Crippen LogP contribution in [0.1, 0.15) is 26.7 Å². The molecule has 0 spiro atoms. The van der Waals surface area contributed by atoms with Gasteiger partial charge in [0, 0.05) is 25.0 Å². The molecule has 4 heteroatoms. The van der Waals surface area contributed by atoms with E-state index in [0.717, 1.165) is 19.7 Å². The molecule has 2 fully saturated rings. The maximum absolute atomic E-state index is 5.87. The van der Waals surface area contributed by atoms with Crippen molar-refractivity contribution in [3.8, 4) is 0 Å². The molecule has 94 valence electrons. The van der Waals surface area contributed by atoms with E-state index in [-0.39, 0.29) is 6.10 Å². The quantitative estimate of drug-likeness (QED) is 0.711. The molecule has 2 aliphatic heterocycles. The van der Waals surface area contributed by atoms with Crippen LogP contribution >= 0.6 is 11.6 Å². The van der Waals surface area contributed by atoms with Crippen molar-refractivity contribution in [1.29, 1.82) is 0 Å².